The number of aryl methyl sites for hydroxylation is 1. The zero-order valence-electron chi connectivity index (χ0n) is 13.0. The number of nitrogens with zero attached hydrogens (tertiary/aromatic N) is 2. The summed E-state index contributed by atoms with van der Waals surface area (Å²) in [5, 5.41) is 8.19. The zero-order valence-corrected chi connectivity index (χ0v) is 14.5. The molecule has 0 radical (unpaired) electrons. The number of hydrogen-bond acceptors (Lipinski definition) is 2. The van der Waals surface area contributed by atoms with Crippen LogP contribution in [0.15, 0.2) is 54.9 Å². The predicted octanol–water partition coefficient (Wildman–Crippen LogP) is 4.80. The maximum Gasteiger partial charge on any atom is 0.258 e. The van der Waals surface area contributed by atoms with E-state index in [2.05, 4.69) is 10.4 Å². The monoisotopic (exact) mass is 359 g/mol. The first-order valence-corrected chi connectivity index (χ1v) is 8.12. The molecule has 0 atom stereocenters. The van der Waals surface area contributed by atoms with Crippen molar-refractivity contribution in [3.63, 3.8) is 0 Å². The number of rotatable bonds is 4. The third-order valence-corrected chi connectivity index (χ3v) is 4.24. The van der Waals surface area contributed by atoms with Crippen LogP contribution in [-0.4, -0.2) is 15.7 Å². The number of carbonyl (C=O) groups is 1. The van der Waals surface area contributed by atoms with Crippen LogP contribution in [0.1, 0.15) is 21.5 Å². The van der Waals surface area contributed by atoms with Crippen LogP contribution in [0.5, 0.6) is 0 Å². The van der Waals surface area contributed by atoms with Crippen LogP contribution in [-0.2, 0) is 6.54 Å². The van der Waals surface area contributed by atoms with Gasteiger partial charge in [-0.1, -0.05) is 47.5 Å². The molecule has 0 aliphatic heterocycles. The summed E-state index contributed by atoms with van der Waals surface area (Å²) >= 11 is 12.3. The van der Waals surface area contributed by atoms with Crippen molar-refractivity contribution in [2.45, 2.75) is 13.5 Å². The molecule has 0 unspecified atom stereocenters. The molecule has 6 heteroatoms. The summed E-state index contributed by atoms with van der Waals surface area (Å²) in [5.41, 5.74) is 3.01. The number of halogens is 2. The topological polar surface area (TPSA) is 46.9 Å². The number of anilines is 1. The number of hydrogen-bond donors (Lipinski definition) is 1. The lowest BCUT2D eigenvalue weighted by Crippen LogP contribution is -2.11. The standard InChI is InChI=1S/C18H15Cl2N3O/c1-12-6-7-17(16(20)8-12)22-18(24)14-9-21-23(11-14)10-13-4-2-3-5-15(13)19/h2-9,11H,10H2,1H3,(H,22,24). The molecule has 122 valence electrons. The van der Waals surface area contributed by atoms with Crippen molar-refractivity contribution in [3.8, 4) is 0 Å². The molecule has 1 N–H and O–H groups in total. The summed E-state index contributed by atoms with van der Waals surface area (Å²) in [6, 6.07) is 13.0. The van der Waals surface area contributed by atoms with Gasteiger partial charge in [-0.05, 0) is 36.2 Å². The number of nitrogens with one attached hydrogen (secondary N) is 1. The number of carbonyl (C=O) groups excluding carboxylic acids is 1. The van der Waals surface area contributed by atoms with E-state index in [1.807, 2.05) is 37.3 Å². The second-order valence-corrected chi connectivity index (χ2v) is 6.27. The van der Waals surface area contributed by atoms with E-state index in [1.165, 1.54) is 6.20 Å². The molecule has 3 aromatic rings. The number of benzene rings is 2. The average Bonchev–Trinajstić information content (AvgIpc) is 3.01. The molecule has 0 saturated carbocycles. The lowest BCUT2D eigenvalue weighted by Gasteiger charge is -2.06. The minimum Gasteiger partial charge on any atom is -0.321 e. The molecule has 0 saturated heterocycles. The Labute approximate surface area is 150 Å². The van der Waals surface area contributed by atoms with E-state index in [0.717, 1.165) is 11.1 Å². The SMILES string of the molecule is Cc1ccc(NC(=O)c2cnn(Cc3ccccc3Cl)c2)c(Cl)c1. The van der Waals surface area contributed by atoms with E-state index in [9.17, 15) is 4.79 Å². The molecule has 0 bridgehead atoms. The summed E-state index contributed by atoms with van der Waals surface area (Å²) in [7, 11) is 0. The lowest BCUT2D eigenvalue weighted by molar-refractivity contribution is 0.102. The van der Waals surface area contributed by atoms with Crippen molar-refractivity contribution in [3.05, 3.63) is 81.6 Å². The van der Waals surface area contributed by atoms with Gasteiger partial charge in [-0.3, -0.25) is 9.48 Å². The first-order chi connectivity index (χ1) is 11.5. The summed E-state index contributed by atoms with van der Waals surface area (Å²) in [6.07, 6.45) is 3.20. The Hall–Kier alpha value is -2.30. The normalized spacial score (nSPS) is 10.6. The highest BCUT2D eigenvalue weighted by atomic mass is 35.5. The number of aromatic nitrogens is 2. The van der Waals surface area contributed by atoms with Gasteiger partial charge in [-0.25, -0.2) is 0 Å². The minimum absolute atomic E-state index is 0.258. The van der Waals surface area contributed by atoms with E-state index in [-0.39, 0.29) is 5.91 Å². The van der Waals surface area contributed by atoms with Crippen LogP contribution in [0.2, 0.25) is 10.0 Å². The van der Waals surface area contributed by atoms with Gasteiger partial charge in [0.05, 0.1) is 29.0 Å². The molecule has 1 aromatic heterocycles. The molecule has 0 spiro atoms. The maximum absolute atomic E-state index is 12.3. The molecule has 24 heavy (non-hydrogen) atoms. The molecule has 0 fully saturated rings. The van der Waals surface area contributed by atoms with Gasteiger partial charge in [0.15, 0.2) is 0 Å². The third-order valence-electron chi connectivity index (χ3n) is 3.56. The second kappa shape index (κ2) is 7.07. The van der Waals surface area contributed by atoms with E-state index in [4.69, 9.17) is 23.2 Å². The van der Waals surface area contributed by atoms with Crippen molar-refractivity contribution < 1.29 is 4.79 Å². The molecule has 1 amide bonds. The zero-order chi connectivity index (χ0) is 17.1. The van der Waals surface area contributed by atoms with Crippen LogP contribution in [0, 0.1) is 6.92 Å². The first-order valence-electron chi connectivity index (χ1n) is 7.36. The van der Waals surface area contributed by atoms with Crippen molar-refractivity contribution in [1.82, 2.24) is 9.78 Å². The fourth-order valence-electron chi connectivity index (χ4n) is 2.28. The molecule has 1 heterocycles. The van der Waals surface area contributed by atoms with Gasteiger partial charge in [0.1, 0.15) is 0 Å². The molecular weight excluding hydrogens is 345 g/mol. The maximum atomic E-state index is 12.3. The highest BCUT2D eigenvalue weighted by molar-refractivity contribution is 6.34. The highest BCUT2D eigenvalue weighted by Gasteiger charge is 2.11. The predicted molar refractivity (Wildman–Crippen MR) is 96.9 cm³/mol. The van der Waals surface area contributed by atoms with Gasteiger partial charge in [-0.15, -0.1) is 0 Å². The van der Waals surface area contributed by atoms with Gasteiger partial charge < -0.3 is 5.32 Å². The first kappa shape index (κ1) is 16.6. The van der Waals surface area contributed by atoms with Crippen LogP contribution in [0.4, 0.5) is 5.69 Å². The van der Waals surface area contributed by atoms with Crippen molar-refractivity contribution in [1.29, 1.82) is 0 Å². The number of amides is 1. The molecule has 4 nitrogen and oxygen atoms in total. The Morgan fingerprint density at radius 3 is 2.71 bits per heavy atom. The second-order valence-electron chi connectivity index (χ2n) is 5.46. The molecule has 0 aliphatic carbocycles. The quantitative estimate of drug-likeness (QED) is 0.727. The van der Waals surface area contributed by atoms with Crippen molar-refractivity contribution in [2.75, 3.05) is 5.32 Å². The van der Waals surface area contributed by atoms with Crippen LogP contribution in [0.3, 0.4) is 0 Å². The van der Waals surface area contributed by atoms with Crippen LogP contribution >= 0.6 is 23.2 Å². The summed E-state index contributed by atoms with van der Waals surface area (Å²) in [5.74, 6) is -0.258. The van der Waals surface area contributed by atoms with Gasteiger partial charge in [0.2, 0.25) is 0 Å². The van der Waals surface area contributed by atoms with Crippen molar-refractivity contribution in [2.24, 2.45) is 0 Å². The Kier molecular flexibility index (Phi) is 4.88. The van der Waals surface area contributed by atoms with Crippen molar-refractivity contribution >= 4 is 34.8 Å². The van der Waals surface area contributed by atoms with Gasteiger partial charge in [0.25, 0.3) is 5.91 Å². The smallest absolute Gasteiger partial charge is 0.258 e. The lowest BCUT2D eigenvalue weighted by atomic mass is 10.2. The van der Waals surface area contributed by atoms with E-state index in [0.29, 0.717) is 27.8 Å². The third kappa shape index (κ3) is 3.78. The fraction of sp³-hybridized carbons (Fsp3) is 0.111. The van der Waals surface area contributed by atoms with Crippen LogP contribution < -0.4 is 5.32 Å². The Morgan fingerprint density at radius 2 is 1.96 bits per heavy atom. The summed E-state index contributed by atoms with van der Waals surface area (Å²) < 4.78 is 1.67. The largest absolute Gasteiger partial charge is 0.321 e. The van der Waals surface area contributed by atoms with E-state index in [1.54, 1.807) is 23.0 Å². The van der Waals surface area contributed by atoms with E-state index < -0.39 is 0 Å². The summed E-state index contributed by atoms with van der Waals surface area (Å²) in [4.78, 5) is 12.3. The van der Waals surface area contributed by atoms with E-state index >= 15 is 0 Å². The van der Waals surface area contributed by atoms with Gasteiger partial charge in [-0.2, -0.15) is 5.10 Å². The highest BCUT2D eigenvalue weighted by Crippen LogP contribution is 2.23. The molecule has 2 aromatic carbocycles. The van der Waals surface area contributed by atoms with Gasteiger partial charge >= 0.3 is 0 Å². The average molecular weight is 360 g/mol. The van der Waals surface area contributed by atoms with Gasteiger partial charge in [0, 0.05) is 11.2 Å². The Bertz CT molecular complexity index is 889. The molecule has 3 rings (SSSR count). The minimum atomic E-state index is -0.258. The summed E-state index contributed by atoms with van der Waals surface area (Å²) in [6.45, 7) is 2.44. The molecule has 0 aliphatic rings. The van der Waals surface area contributed by atoms with Crippen LogP contribution in [0.25, 0.3) is 0 Å². The Balaban J connectivity index is 1.73. The fourth-order valence-corrected chi connectivity index (χ4v) is 2.76. The molecular formula is C18H15Cl2N3O. The Morgan fingerprint density at radius 1 is 1.17 bits per heavy atom.